The van der Waals surface area contributed by atoms with Gasteiger partial charge in [0.05, 0.1) is 11.4 Å². The van der Waals surface area contributed by atoms with Crippen LogP contribution in [0.15, 0.2) is 83.9 Å². The van der Waals surface area contributed by atoms with Crippen molar-refractivity contribution in [1.82, 2.24) is 0 Å². The number of carbonyl (C=O) groups excluding carboxylic acids is 1. The van der Waals surface area contributed by atoms with Gasteiger partial charge >= 0.3 is 0 Å². The molecule has 1 heterocycles. The first-order valence-electron chi connectivity index (χ1n) is 8.40. The molecule has 0 unspecified atom stereocenters. The molecule has 0 fully saturated rings. The third-order valence-electron chi connectivity index (χ3n) is 4.39. The molecular weight excluding hydrogens is 358 g/mol. The Labute approximate surface area is 162 Å². The average molecular weight is 372 g/mol. The molecule has 0 N–H and O–H groups in total. The van der Waals surface area contributed by atoms with Gasteiger partial charge in [0.15, 0.2) is 0 Å². The fraction of sp³-hybridized carbons (Fsp3) is 0.0455. The van der Waals surface area contributed by atoms with Crippen LogP contribution in [0.3, 0.4) is 0 Å². The summed E-state index contributed by atoms with van der Waals surface area (Å²) in [4.78, 5) is 19.2. The van der Waals surface area contributed by atoms with Crippen molar-refractivity contribution in [3.63, 3.8) is 0 Å². The molecule has 1 amide bonds. The van der Waals surface area contributed by atoms with Gasteiger partial charge in [-0.3, -0.25) is 9.69 Å². The highest BCUT2D eigenvalue weighted by molar-refractivity contribution is 6.30. The lowest BCUT2D eigenvalue weighted by atomic mass is 9.97. The SMILES string of the molecule is N#C[C@@H]1N=C(c2ccccc2)c2ccccc2N1C(=O)c1ccc(Cl)cc1. The summed E-state index contributed by atoms with van der Waals surface area (Å²) >= 11 is 5.93. The number of fused-ring (bicyclic) bond motifs is 1. The van der Waals surface area contributed by atoms with Gasteiger partial charge in [-0.1, -0.05) is 60.1 Å². The van der Waals surface area contributed by atoms with E-state index < -0.39 is 6.17 Å². The van der Waals surface area contributed by atoms with Gasteiger partial charge in [-0.05, 0) is 30.3 Å². The molecule has 1 aliphatic rings. The van der Waals surface area contributed by atoms with Gasteiger partial charge in [-0.25, -0.2) is 4.99 Å². The van der Waals surface area contributed by atoms with E-state index in [-0.39, 0.29) is 5.91 Å². The van der Waals surface area contributed by atoms with Crippen molar-refractivity contribution in [2.45, 2.75) is 6.17 Å². The number of halogens is 1. The van der Waals surface area contributed by atoms with Crippen molar-refractivity contribution < 1.29 is 4.79 Å². The molecule has 0 saturated heterocycles. The standard InChI is InChI=1S/C22H14ClN3O/c23-17-12-10-16(11-13-17)22(27)26-19-9-5-4-8-18(19)21(25-20(26)14-24)15-6-2-1-3-7-15/h1-13,20H/t20-/m1/s1. The first-order chi connectivity index (χ1) is 13.2. The predicted octanol–water partition coefficient (Wildman–Crippen LogP) is 4.69. The van der Waals surface area contributed by atoms with Crippen LogP contribution in [0.2, 0.25) is 5.02 Å². The highest BCUT2D eigenvalue weighted by Crippen LogP contribution is 2.32. The highest BCUT2D eigenvalue weighted by Gasteiger charge is 2.33. The van der Waals surface area contributed by atoms with Gasteiger partial charge < -0.3 is 0 Å². The third-order valence-corrected chi connectivity index (χ3v) is 4.64. The van der Waals surface area contributed by atoms with E-state index in [4.69, 9.17) is 11.6 Å². The van der Waals surface area contributed by atoms with Crippen molar-refractivity contribution in [2.75, 3.05) is 4.90 Å². The zero-order valence-corrected chi connectivity index (χ0v) is 15.0. The number of nitriles is 1. The van der Waals surface area contributed by atoms with Gasteiger partial charge in [0, 0.05) is 21.7 Å². The number of hydrogen-bond acceptors (Lipinski definition) is 3. The third kappa shape index (κ3) is 3.10. The van der Waals surface area contributed by atoms with Gasteiger partial charge in [0.2, 0.25) is 6.17 Å². The molecule has 3 aromatic rings. The number of hydrogen-bond donors (Lipinski definition) is 0. The summed E-state index contributed by atoms with van der Waals surface area (Å²) < 4.78 is 0. The van der Waals surface area contributed by atoms with Gasteiger partial charge in [-0.2, -0.15) is 5.26 Å². The second kappa shape index (κ2) is 7.06. The lowest BCUT2D eigenvalue weighted by molar-refractivity contribution is 0.0982. The summed E-state index contributed by atoms with van der Waals surface area (Å²) in [5.74, 6) is -0.290. The molecule has 4 rings (SSSR count). The molecule has 0 bridgehead atoms. The van der Waals surface area contributed by atoms with Crippen molar-refractivity contribution in [1.29, 1.82) is 5.26 Å². The Morgan fingerprint density at radius 2 is 1.63 bits per heavy atom. The lowest BCUT2D eigenvalue weighted by Gasteiger charge is -2.32. The minimum absolute atomic E-state index is 0.290. The maximum Gasteiger partial charge on any atom is 0.260 e. The van der Waals surface area contributed by atoms with E-state index in [2.05, 4.69) is 11.1 Å². The summed E-state index contributed by atoms with van der Waals surface area (Å²) in [6.07, 6.45) is -0.946. The van der Waals surface area contributed by atoms with Crippen LogP contribution >= 0.6 is 11.6 Å². The fourth-order valence-electron chi connectivity index (χ4n) is 3.13. The number of anilines is 1. The maximum absolute atomic E-state index is 13.1. The van der Waals surface area contributed by atoms with Crippen LogP contribution in [0.5, 0.6) is 0 Å². The average Bonchev–Trinajstić information content (AvgIpc) is 2.73. The Morgan fingerprint density at radius 3 is 2.33 bits per heavy atom. The largest absolute Gasteiger partial charge is 0.272 e. The molecule has 27 heavy (non-hydrogen) atoms. The van der Waals surface area contributed by atoms with E-state index >= 15 is 0 Å². The number of para-hydroxylation sites is 1. The quantitative estimate of drug-likeness (QED) is 0.656. The Balaban J connectivity index is 1.85. The molecule has 0 aliphatic carbocycles. The van der Waals surface area contributed by atoms with Crippen LogP contribution in [-0.2, 0) is 0 Å². The number of nitrogens with zero attached hydrogens (tertiary/aromatic N) is 3. The number of benzene rings is 3. The highest BCUT2D eigenvalue weighted by atomic mass is 35.5. The van der Waals surface area contributed by atoms with Crippen LogP contribution in [0.4, 0.5) is 5.69 Å². The van der Waals surface area contributed by atoms with Crippen LogP contribution < -0.4 is 4.90 Å². The molecule has 0 spiro atoms. The summed E-state index contributed by atoms with van der Waals surface area (Å²) in [6, 6.07) is 25.9. The molecule has 1 atom stereocenters. The Kier molecular flexibility index (Phi) is 4.45. The van der Waals surface area contributed by atoms with E-state index in [0.717, 1.165) is 11.1 Å². The molecule has 5 heteroatoms. The molecule has 0 aromatic heterocycles. The molecular formula is C22H14ClN3O. The van der Waals surface area contributed by atoms with Crippen molar-refractivity contribution in [2.24, 2.45) is 4.99 Å². The molecule has 1 aliphatic heterocycles. The predicted molar refractivity (Wildman–Crippen MR) is 106 cm³/mol. The van der Waals surface area contributed by atoms with Crippen LogP contribution in [-0.4, -0.2) is 17.8 Å². The second-order valence-electron chi connectivity index (χ2n) is 6.05. The Bertz CT molecular complexity index is 1070. The number of aliphatic imine (C=N–C) groups is 1. The first kappa shape index (κ1) is 17.0. The lowest BCUT2D eigenvalue weighted by Crippen LogP contribution is -2.42. The second-order valence-corrected chi connectivity index (χ2v) is 6.48. The molecule has 0 saturated carbocycles. The monoisotopic (exact) mass is 371 g/mol. The van der Waals surface area contributed by atoms with Gasteiger partial charge in [0.1, 0.15) is 6.07 Å². The summed E-state index contributed by atoms with van der Waals surface area (Å²) in [6.45, 7) is 0. The van der Waals surface area contributed by atoms with Crippen LogP contribution in [0.25, 0.3) is 0 Å². The van der Waals surface area contributed by atoms with Gasteiger partial charge in [0.25, 0.3) is 5.91 Å². The van der Waals surface area contributed by atoms with E-state index in [1.54, 1.807) is 24.3 Å². The smallest absolute Gasteiger partial charge is 0.260 e. The summed E-state index contributed by atoms with van der Waals surface area (Å²) in [5.41, 5.74) is 3.55. The number of amides is 1. The molecule has 130 valence electrons. The van der Waals surface area contributed by atoms with E-state index in [1.165, 1.54) is 4.90 Å². The van der Waals surface area contributed by atoms with E-state index in [1.807, 2.05) is 54.6 Å². The Morgan fingerprint density at radius 1 is 0.963 bits per heavy atom. The van der Waals surface area contributed by atoms with Crippen LogP contribution in [0.1, 0.15) is 21.5 Å². The van der Waals surface area contributed by atoms with Crippen molar-refractivity contribution in [3.8, 4) is 6.07 Å². The molecule has 0 radical (unpaired) electrons. The fourth-order valence-corrected chi connectivity index (χ4v) is 3.26. The normalized spacial score (nSPS) is 15.5. The van der Waals surface area contributed by atoms with E-state index in [9.17, 15) is 10.1 Å². The number of rotatable bonds is 2. The minimum atomic E-state index is -0.946. The Hall–Kier alpha value is -3.42. The molecule has 3 aromatic carbocycles. The first-order valence-corrected chi connectivity index (χ1v) is 8.78. The van der Waals surface area contributed by atoms with Gasteiger partial charge in [-0.15, -0.1) is 0 Å². The summed E-state index contributed by atoms with van der Waals surface area (Å²) in [7, 11) is 0. The van der Waals surface area contributed by atoms with Crippen molar-refractivity contribution >= 4 is 28.9 Å². The zero-order chi connectivity index (χ0) is 18.8. The number of carbonyl (C=O) groups is 1. The van der Waals surface area contributed by atoms with Crippen LogP contribution in [0, 0.1) is 11.3 Å². The maximum atomic E-state index is 13.1. The molecule has 4 nitrogen and oxygen atoms in total. The minimum Gasteiger partial charge on any atom is -0.272 e. The zero-order valence-electron chi connectivity index (χ0n) is 14.2. The topological polar surface area (TPSA) is 56.5 Å². The summed E-state index contributed by atoms with van der Waals surface area (Å²) in [5, 5.41) is 10.3. The van der Waals surface area contributed by atoms with Crippen molar-refractivity contribution in [3.05, 3.63) is 101 Å². The van der Waals surface area contributed by atoms with E-state index in [0.29, 0.717) is 22.0 Å².